The van der Waals surface area contributed by atoms with E-state index in [9.17, 15) is 0 Å². The molecule has 0 aliphatic carbocycles. The van der Waals surface area contributed by atoms with Gasteiger partial charge in [0.05, 0.1) is 12.2 Å². The molecule has 3 atom stereocenters. The molecule has 2 aliphatic heterocycles. The van der Waals surface area contributed by atoms with Gasteiger partial charge < -0.3 is 14.8 Å². The van der Waals surface area contributed by atoms with Crippen molar-refractivity contribution in [3.8, 4) is 0 Å². The monoisotopic (exact) mass is 241 g/mol. The molecule has 1 N–H and O–H groups in total. The average molecular weight is 241 g/mol. The SMILES string of the molecule is CCC1OCCC1CNCCCC1CCCO1. The van der Waals surface area contributed by atoms with Gasteiger partial charge >= 0.3 is 0 Å². The van der Waals surface area contributed by atoms with Gasteiger partial charge in [0.15, 0.2) is 0 Å². The van der Waals surface area contributed by atoms with Crippen molar-refractivity contribution in [1.29, 1.82) is 0 Å². The molecule has 2 aliphatic rings. The summed E-state index contributed by atoms with van der Waals surface area (Å²) in [6.45, 7) is 6.42. The van der Waals surface area contributed by atoms with E-state index in [-0.39, 0.29) is 0 Å². The zero-order valence-corrected chi connectivity index (χ0v) is 11.1. The Bertz CT molecular complexity index is 204. The van der Waals surface area contributed by atoms with Crippen LogP contribution in [0.5, 0.6) is 0 Å². The van der Waals surface area contributed by atoms with Crippen LogP contribution in [0.3, 0.4) is 0 Å². The van der Waals surface area contributed by atoms with Gasteiger partial charge in [0.1, 0.15) is 0 Å². The molecule has 0 spiro atoms. The number of hydrogen-bond acceptors (Lipinski definition) is 3. The molecular formula is C14H27NO2. The Morgan fingerprint density at radius 1 is 1.18 bits per heavy atom. The fraction of sp³-hybridized carbons (Fsp3) is 1.00. The molecule has 100 valence electrons. The topological polar surface area (TPSA) is 30.5 Å². The predicted molar refractivity (Wildman–Crippen MR) is 69.2 cm³/mol. The van der Waals surface area contributed by atoms with Gasteiger partial charge in [-0.3, -0.25) is 0 Å². The molecule has 2 heterocycles. The number of nitrogens with one attached hydrogen (secondary N) is 1. The van der Waals surface area contributed by atoms with Gasteiger partial charge in [-0.05, 0) is 51.0 Å². The van der Waals surface area contributed by atoms with Crippen LogP contribution in [0, 0.1) is 5.92 Å². The highest BCUT2D eigenvalue weighted by Crippen LogP contribution is 2.22. The van der Waals surface area contributed by atoms with Crippen LogP contribution in [-0.4, -0.2) is 38.5 Å². The standard InChI is InChI=1S/C14H27NO2/c1-2-14-12(7-10-17-14)11-15-8-3-5-13-6-4-9-16-13/h12-15H,2-11H2,1H3. The Morgan fingerprint density at radius 3 is 2.88 bits per heavy atom. The molecule has 17 heavy (non-hydrogen) atoms. The van der Waals surface area contributed by atoms with E-state index in [0.29, 0.717) is 12.2 Å². The summed E-state index contributed by atoms with van der Waals surface area (Å²) in [7, 11) is 0. The number of hydrogen-bond donors (Lipinski definition) is 1. The van der Waals surface area contributed by atoms with Crippen LogP contribution in [0.4, 0.5) is 0 Å². The third-order valence-electron chi connectivity index (χ3n) is 4.06. The summed E-state index contributed by atoms with van der Waals surface area (Å²) in [6.07, 6.45) is 8.44. The maximum atomic E-state index is 5.69. The fourth-order valence-electron chi connectivity index (χ4n) is 2.99. The Labute approximate surface area is 105 Å². The quantitative estimate of drug-likeness (QED) is 0.694. The van der Waals surface area contributed by atoms with Crippen molar-refractivity contribution in [1.82, 2.24) is 5.32 Å². The lowest BCUT2D eigenvalue weighted by atomic mass is 9.99. The van der Waals surface area contributed by atoms with E-state index in [0.717, 1.165) is 38.6 Å². The first-order valence-electron chi connectivity index (χ1n) is 7.34. The minimum atomic E-state index is 0.501. The molecule has 2 saturated heterocycles. The van der Waals surface area contributed by atoms with Crippen molar-refractivity contribution in [2.45, 2.75) is 57.7 Å². The molecule has 0 amide bonds. The van der Waals surface area contributed by atoms with Gasteiger partial charge in [-0.1, -0.05) is 6.92 Å². The summed E-state index contributed by atoms with van der Waals surface area (Å²) in [5.41, 5.74) is 0. The first-order valence-corrected chi connectivity index (χ1v) is 7.34. The second-order valence-corrected chi connectivity index (χ2v) is 5.35. The second kappa shape index (κ2) is 7.34. The first kappa shape index (κ1) is 13.3. The molecular weight excluding hydrogens is 214 g/mol. The maximum Gasteiger partial charge on any atom is 0.0613 e. The lowest BCUT2D eigenvalue weighted by Crippen LogP contribution is -2.29. The van der Waals surface area contributed by atoms with E-state index >= 15 is 0 Å². The predicted octanol–water partition coefficient (Wildman–Crippen LogP) is 2.35. The largest absolute Gasteiger partial charge is 0.378 e. The Hall–Kier alpha value is -0.120. The summed E-state index contributed by atoms with van der Waals surface area (Å²) in [6, 6.07) is 0. The number of rotatable bonds is 7. The van der Waals surface area contributed by atoms with Gasteiger partial charge in [-0.2, -0.15) is 0 Å². The van der Waals surface area contributed by atoms with E-state index in [4.69, 9.17) is 9.47 Å². The van der Waals surface area contributed by atoms with Crippen LogP contribution >= 0.6 is 0 Å². The van der Waals surface area contributed by atoms with E-state index < -0.39 is 0 Å². The van der Waals surface area contributed by atoms with Gasteiger partial charge in [-0.15, -0.1) is 0 Å². The van der Waals surface area contributed by atoms with Crippen molar-refractivity contribution >= 4 is 0 Å². The summed E-state index contributed by atoms with van der Waals surface area (Å²) < 4.78 is 11.3. The summed E-state index contributed by atoms with van der Waals surface area (Å²) in [4.78, 5) is 0. The summed E-state index contributed by atoms with van der Waals surface area (Å²) in [5, 5.41) is 3.58. The molecule has 0 aromatic heterocycles. The third-order valence-corrected chi connectivity index (χ3v) is 4.06. The first-order chi connectivity index (χ1) is 8.40. The van der Waals surface area contributed by atoms with Crippen molar-refractivity contribution in [3.05, 3.63) is 0 Å². The highest BCUT2D eigenvalue weighted by molar-refractivity contribution is 4.77. The Balaban J connectivity index is 1.48. The zero-order chi connectivity index (χ0) is 11.9. The smallest absolute Gasteiger partial charge is 0.0613 e. The van der Waals surface area contributed by atoms with Crippen LogP contribution in [-0.2, 0) is 9.47 Å². The number of ether oxygens (including phenoxy) is 2. The molecule has 0 saturated carbocycles. The minimum Gasteiger partial charge on any atom is -0.378 e. The molecule has 0 aromatic rings. The van der Waals surface area contributed by atoms with Crippen LogP contribution in [0.15, 0.2) is 0 Å². The van der Waals surface area contributed by atoms with Crippen LogP contribution < -0.4 is 5.32 Å². The highest BCUT2D eigenvalue weighted by Gasteiger charge is 2.25. The molecule has 2 fully saturated rings. The molecule has 3 heteroatoms. The normalized spacial score (nSPS) is 33.4. The van der Waals surface area contributed by atoms with E-state index in [1.807, 2.05) is 0 Å². The third kappa shape index (κ3) is 4.23. The Kier molecular flexibility index (Phi) is 5.75. The van der Waals surface area contributed by atoms with Crippen molar-refractivity contribution < 1.29 is 9.47 Å². The zero-order valence-electron chi connectivity index (χ0n) is 11.1. The van der Waals surface area contributed by atoms with Crippen LogP contribution in [0.2, 0.25) is 0 Å². The average Bonchev–Trinajstić information content (AvgIpc) is 2.98. The summed E-state index contributed by atoms with van der Waals surface area (Å²) in [5.74, 6) is 0.739. The van der Waals surface area contributed by atoms with Crippen LogP contribution in [0.1, 0.15) is 45.4 Å². The van der Waals surface area contributed by atoms with Gasteiger partial charge in [0.25, 0.3) is 0 Å². The second-order valence-electron chi connectivity index (χ2n) is 5.35. The van der Waals surface area contributed by atoms with Crippen molar-refractivity contribution in [3.63, 3.8) is 0 Å². The minimum absolute atomic E-state index is 0.501. The van der Waals surface area contributed by atoms with Crippen molar-refractivity contribution in [2.24, 2.45) is 5.92 Å². The van der Waals surface area contributed by atoms with Gasteiger partial charge in [0.2, 0.25) is 0 Å². The van der Waals surface area contributed by atoms with E-state index in [2.05, 4.69) is 12.2 Å². The van der Waals surface area contributed by atoms with E-state index in [1.54, 1.807) is 0 Å². The molecule has 3 unspecified atom stereocenters. The van der Waals surface area contributed by atoms with Gasteiger partial charge in [0, 0.05) is 19.8 Å². The molecule has 3 nitrogen and oxygen atoms in total. The fourth-order valence-corrected chi connectivity index (χ4v) is 2.99. The molecule has 2 rings (SSSR count). The summed E-state index contributed by atoms with van der Waals surface area (Å²) >= 11 is 0. The molecule has 0 radical (unpaired) electrons. The van der Waals surface area contributed by atoms with E-state index in [1.165, 1.54) is 32.1 Å². The molecule has 0 bridgehead atoms. The van der Waals surface area contributed by atoms with Crippen molar-refractivity contribution in [2.75, 3.05) is 26.3 Å². The maximum absolute atomic E-state index is 5.69. The lowest BCUT2D eigenvalue weighted by Gasteiger charge is -2.17. The Morgan fingerprint density at radius 2 is 2.12 bits per heavy atom. The van der Waals surface area contributed by atoms with Crippen LogP contribution in [0.25, 0.3) is 0 Å². The van der Waals surface area contributed by atoms with Gasteiger partial charge in [-0.25, -0.2) is 0 Å². The lowest BCUT2D eigenvalue weighted by molar-refractivity contribution is 0.0867. The highest BCUT2D eigenvalue weighted by atomic mass is 16.5. The molecule has 0 aromatic carbocycles.